The molecule has 0 radical (unpaired) electrons. The number of rotatable bonds is 1. The van der Waals surface area contributed by atoms with Gasteiger partial charge < -0.3 is 9.47 Å². The minimum absolute atomic E-state index is 0.100. The Bertz CT molecular complexity index is 214. The third-order valence-corrected chi connectivity index (χ3v) is 2.81. The van der Waals surface area contributed by atoms with Gasteiger partial charge in [0.25, 0.3) is 0 Å². The monoisotopic (exact) mass is 170 g/mol. The van der Waals surface area contributed by atoms with Crippen molar-refractivity contribution in [1.29, 1.82) is 0 Å². The summed E-state index contributed by atoms with van der Waals surface area (Å²) in [7, 11) is 0. The number of fused-ring (bicyclic) bond motifs is 1. The van der Waals surface area contributed by atoms with Crippen LogP contribution in [0.2, 0.25) is 0 Å². The van der Waals surface area contributed by atoms with Gasteiger partial charge in [0.15, 0.2) is 0 Å². The predicted octanol–water partition coefficient (Wildman–Crippen LogP) is 1.26. The summed E-state index contributed by atoms with van der Waals surface area (Å²) < 4.78 is 10.6. The summed E-state index contributed by atoms with van der Waals surface area (Å²) in [6.45, 7) is 3.59. The first-order valence-corrected chi connectivity index (χ1v) is 4.45. The number of ether oxygens (including phenoxy) is 2. The van der Waals surface area contributed by atoms with Crippen LogP contribution >= 0.6 is 0 Å². The number of hydrogen-bond donors (Lipinski definition) is 0. The highest BCUT2D eigenvalue weighted by Gasteiger charge is 2.55. The molecule has 0 N–H and O–H groups in total. The largest absolute Gasteiger partial charge is 0.462 e. The maximum absolute atomic E-state index is 10.6. The van der Waals surface area contributed by atoms with Crippen LogP contribution in [0.15, 0.2) is 0 Å². The minimum atomic E-state index is -0.177. The van der Waals surface area contributed by atoms with E-state index in [9.17, 15) is 4.79 Å². The highest BCUT2D eigenvalue weighted by Crippen LogP contribution is 2.47. The Balaban J connectivity index is 1.85. The lowest BCUT2D eigenvalue weighted by Crippen LogP contribution is -2.28. The average Bonchev–Trinajstić information content (AvgIpc) is 2.59. The van der Waals surface area contributed by atoms with Crippen LogP contribution in [0.1, 0.15) is 33.1 Å². The van der Waals surface area contributed by atoms with Crippen molar-refractivity contribution in [1.82, 2.24) is 0 Å². The molecule has 2 fully saturated rings. The fraction of sp³-hybridized carbons (Fsp3) is 0.889. The van der Waals surface area contributed by atoms with Gasteiger partial charge in [-0.05, 0) is 19.8 Å². The lowest BCUT2D eigenvalue weighted by Gasteiger charge is -2.21. The summed E-state index contributed by atoms with van der Waals surface area (Å²) >= 11 is 0. The zero-order valence-electron chi connectivity index (χ0n) is 7.50. The molecule has 0 aromatic carbocycles. The fourth-order valence-electron chi connectivity index (χ4n) is 1.95. The van der Waals surface area contributed by atoms with Gasteiger partial charge in [-0.3, -0.25) is 4.79 Å². The van der Waals surface area contributed by atoms with Crippen molar-refractivity contribution in [2.24, 2.45) is 0 Å². The molecule has 12 heavy (non-hydrogen) atoms. The van der Waals surface area contributed by atoms with Gasteiger partial charge in [-0.1, -0.05) is 0 Å². The molecule has 1 saturated heterocycles. The number of carbonyl (C=O) groups excluding carboxylic acids is 1. The fourth-order valence-corrected chi connectivity index (χ4v) is 1.95. The van der Waals surface area contributed by atoms with Crippen molar-refractivity contribution >= 4 is 5.97 Å². The molecule has 1 aliphatic heterocycles. The van der Waals surface area contributed by atoms with Gasteiger partial charge in [0.1, 0.15) is 6.10 Å². The van der Waals surface area contributed by atoms with Gasteiger partial charge >= 0.3 is 5.97 Å². The summed E-state index contributed by atoms with van der Waals surface area (Å²) in [5.41, 5.74) is 0.122. The van der Waals surface area contributed by atoms with E-state index in [2.05, 4.69) is 6.92 Å². The molecule has 1 aliphatic carbocycles. The lowest BCUT2D eigenvalue weighted by molar-refractivity contribution is -0.147. The molecule has 3 nitrogen and oxygen atoms in total. The van der Waals surface area contributed by atoms with Crippen LogP contribution in [-0.4, -0.2) is 23.8 Å². The lowest BCUT2D eigenvalue weighted by atomic mass is 9.89. The van der Waals surface area contributed by atoms with Crippen LogP contribution in [0.25, 0.3) is 0 Å². The number of hydrogen-bond acceptors (Lipinski definition) is 3. The van der Waals surface area contributed by atoms with Crippen LogP contribution in [0.5, 0.6) is 0 Å². The Hall–Kier alpha value is -0.570. The molecule has 68 valence electrons. The van der Waals surface area contributed by atoms with Crippen molar-refractivity contribution in [3.8, 4) is 0 Å². The molecule has 1 heterocycles. The van der Waals surface area contributed by atoms with Gasteiger partial charge in [0.05, 0.1) is 11.7 Å². The third-order valence-electron chi connectivity index (χ3n) is 2.81. The second-order valence-corrected chi connectivity index (χ2v) is 3.92. The van der Waals surface area contributed by atoms with Gasteiger partial charge in [0, 0.05) is 13.3 Å². The summed E-state index contributed by atoms with van der Waals surface area (Å²) in [6.07, 6.45) is 3.30. The van der Waals surface area contributed by atoms with Crippen molar-refractivity contribution in [2.45, 2.75) is 50.9 Å². The second kappa shape index (κ2) is 2.46. The van der Waals surface area contributed by atoms with Crippen LogP contribution in [0.4, 0.5) is 0 Å². The smallest absolute Gasteiger partial charge is 0.302 e. The first-order chi connectivity index (χ1) is 5.60. The van der Waals surface area contributed by atoms with E-state index in [0.717, 1.165) is 19.3 Å². The Morgan fingerprint density at radius 2 is 2.42 bits per heavy atom. The Kier molecular flexibility index (Phi) is 1.65. The zero-order valence-corrected chi connectivity index (χ0v) is 7.50. The molecule has 0 spiro atoms. The van der Waals surface area contributed by atoms with Crippen molar-refractivity contribution in [3.05, 3.63) is 0 Å². The third kappa shape index (κ3) is 1.33. The number of epoxide rings is 1. The normalized spacial score (nSPS) is 44.8. The molecule has 2 rings (SSSR count). The Morgan fingerprint density at radius 3 is 3.00 bits per heavy atom. The van der Waals surface area contributed by atoms with Crippen LogP contribution in [-0.2, 0) is 14.3 Å². The topological polar surface area (TPSA) is 38.8 Å². The number of esters is 1. The van der Waals surface area contributed by atoms with E-state index in [1.807, 2.05) is 0 Å². The quantitative estimate of drug-likeness (QED) is 0.439. The molecular formula is C9H14O3. The molecule has 0 aromatic heterocycles. The van der Waals surface area contributed by atoms with E-state index in [4.69, 9.17) is 9.47 Å². The first-order valence-electron chi connectivity index (χ1n) is 4.45. The Labute approximate surface area is 72.0 Å². The maximum atomic E-state index is 10.6. The molecule has 0 bridgehead atoms. The van der Waals surface area contributed by atoms with E-state index in [1.165, 1.54) is 6.92 Å². The van der Waals surface area contributed by atoms with Crippen LogP contribution < -0.4 is 0 Å². The summed E-state index contributed by atoms with van der Waals surface area (Å²) in [5.74, 6) is -0.177. The SMILES string of the molecule is CC(=O)O[C@@H]1CCC2(C)OC2C1. The number of carbonyl (C=O) groups is 1. The van der Waals surface area contributed by atoms with Crippen molar-refractivity contribution < 1.29 is 14.3 Å². The molecule has 0 amide bonds. The summed E-state index contributed by atoms with van der Waals surface area (Å²) in [4.78, 5) is 10.6. The minimum Gasteiger partial charge on any atom is -0.462 e. The van der Waals surface area contributed by atoms with Crippen LogP contribution in [0, 0.1) is 0 Å². The molecule has 3 atom stereocenters. The summed E-state index contributed by atoms with van der Waals surface area (Å²) in [5, 5.41) is 0. The molecule has 2 unspecified atom stereocenters. The highest BCUT2D eigenvalue weighted by atomic mass is 16.6. The predicted molar refractivity (Wildman–Crippen MR) is 42.7 cm³/mol. The van der Waals surface area contributed by atoms with Crippen LogP contribution in [0.3, 0.4) is 0 Å². The van der Waals surface area contributed by atoms with Gasteiger partial charge in [-0.25, -0.2) is 0 Å². The highest BCUT2D eigenvalue weighted by molar-refractivity contribution is 5.66. The van der Waals surface area contributed by atoms with Gasteiger partial charge in [-0.15, -0.1) is 0 Å². The van der Waals surface area contributed by atoms with E-state index < -0.39 is 0 Å². The molecule has 0 aromatic rings. The van der Waals surface area contributed by atoms with Crippen molar-refractivity contribution in [3.63, 3.8) is 0 Å². The van der Waals surface area contributed by atoms with E-state index in [-0.39, 0.29) is 17.7 Å². The standard InChI is InChI=1S/C9H14O3/c1-6(10)11-7-3-4-9(2)8(5-7)12-9/h7-8H,3-5H2,1-2H3/t7-,8?,9?/m1/s1. The van der Waals surface area contributed by atoms with E-state index >= 15 is 0 Å². The van der Waals surface area contributed by atoms with Gasteiger partial charge in [0.2, 0.25) is 0 Å². The molecule has 3 heteroatoms. The van der Waals surface area contributed by atoms with E-state index in [1.54, 1.807) is 0 Å². The van der Waals surface area contributed by atoms with E-state index in [0.29, 0.717) is 6.10 Å². The molecule has 2 aliphatic rings. The second-order valence-electron chi connectivity index (χ2n) is 3.92. The van der Waals surface area contributed by atoms with Crippen molar-refractivity contribution in [2.75, 3.05) is 0 Å². The Morgan fingerprint density at radius 1 is 1.67 bits per heavy atom. The van der Waals surface area contributed by atoms with Gasteiger partial charge in [-0.2, -0.15) is 0 Å². The summed E-state index contributed by atoms with van der Waals surface area (Å²) in [6, 6.07) is 0. The molecule has 1 saturated carbocycles. The average molecular weight is 170 g/mol. The molecular weight excluding hydrogens is 156 g/mol. The first kappa shape index (κ1) is 8.05. The zero-order chi connectivity index (χ0) is 8.77. The maximum Gasteiger partial charge on any atom is 0.302 e.